The Balaban J connectivity index is 1.77. The van der Waals surface area contributed by atoms with E-state index in [1.54, 1.807) is 13.3 Å². The summed E-state index contributed by atoms with van der Waals surface area (Å²) >= 11 is 5.57. The maximum atomic E-state index is 13.1. The molecule has 1 aliphatic heterocycles. The van der Waals surface area contributed by atoms with E-state index >= 15 is 0 Å². The van der Waals surface area contributed by atoms with E-state index in [-0.39, 0.29) is 23.8 Å². The molecule has 1 aromatic carbocycles. The highest BCUT2D eigenvalue weighted by atomic mass is 32.1. The minimum absolute atomic E-state index is 0.0123. The summed E-state index contributed by atoms with van der Waals surface area (Å²) in [7, 11) is 1.65. The summed E-state index contributed by atoms with van der Waals surface area (Å²) < 4.78 is 5.38. The zero-order valence-corrected chi connectivity index (χ0v) is 17.9. The molecule has 0 radical (unpaired) electrons. The van der Waals surface area contributed by atoms with Crippen LogP contribution in [0, 0.1) is 5.92 Å². The van der Waals surface area contributed by atoms with Gasteiger partial charge in [0.2, 0.25) is 5.91 Å². The van der Waals surface area contributed by atoms with Gasteiger partial charge in [0.25, 0.3) is 0 Å². The summed E-state index contributed by atoms with van der Waals surface area (Å²) in [5.41, 5.74) is 1.92. The van der Waals surface area contributed by atoms with Crippen molar-refractivity contribution in [2.75, 3.05) is 20.2 Å². The third kappa shape index (κ3) is 5.44. The number of hydrogen-bond acceptors (Lipinski definition) is 4. The number of nitrogens with one attached hydrogen (secondary N) is 2. The van der Waals surface area contributed by atoms with E-state index in [2.05, 4.69) is 40.4 Å². The lowest BCUT2D eigenvalue weighted by Crippen LogP contribution is -2.42. The van der Waals surface area contributed by atoms with Gasteiger partial charge in [0.05, 0.1) is 25.3 Å². The number of pyridine rings is 1. The number of thiocarbonyl (C=S) groups is 1. The van der Waals surface area contributed by atoms with Crippen molar-refractivity contribution < 1.29 is 9.53 Å². The average molecular weight is 413 g/mol. The fraction of sp³-hybridized carbons (Fsp3) is 0.409. The number of amides is 1. The van der Waals surface area contributed by atoms with Crippen molar-refractivity contribution in [1.82, 2.24) is 20.5 Å². The second-order valence-electron chi connectivity index (χ2n) is 7.54. The SMILES string of the molecule is COc1cccc(C2CN(C(=S)NC(C)C)CC2C(=O)NCc2ccccn2)c1. The van der Waals surface area contributed by atoms with Crippen LogP contribution < -0.4 is 15.4 Å². The predicted molar refractivity (Wildman–Crippen MR) is 118 cm³/mol. The molecule has 0 saturated carbocycles. The highest BCUT2D eigenvalue weighted by Crippen LogP contribution is 2.34. The summed E-state index contributed by atoms with van der Waals surface area (Å²) in [4.78, 5) is 19.5. The molecule has 2 unspecified atom stereocenters. The van der Waals surface area contributed by atoms with E-state index in [1.165, 1.54) is 0 Å². The molecule has 6 nitrogen and oxygen atoms in total. The molecule has 2 aromatic rings. The van der Waals surface area contributed by atoms with Crippen LogP contribution in [0.5, 0.6) is 5.75 Å². The standard InChI is InChI=1S/C22H28N4O2S/c1-15(2)25-22(29)26-13-19(16-7-6-9-18(11-16)28-3)20(14-26)21(27)24-12-17-8-4-5-10-23-17/h4-11,15,19-20H,12-14H2,1-3H3,(H,24,27)(H,25,29). The molecule has 154 valence electrons. The first-order chi connectivity index (χ1) is 14.0. The number of carbonyl (C=O) groups is 1. The third-order valence-corrected chi connectivity index (χ3v) is 5.42. The van der Waals surface area contributed by atoms with Gasteiger partial charge in [-0.3, -0.25) is 9.78 Å². The number of hydrogen-bond donors (Lipinski definition) is 2. The lowest BCUT2D eigenvalue weighted by Gasteiger charge is -2.22. The number of likely N-dealkylation sites (tertiary alicyclic amines) is 1. The molecule has 7 heteroatoms. The van der Waals surface area contributed by atoms with Crippen molar-refractivity contribution in [3.63, 3.8) is 0 Å². The average Bonchev–Trinajstić information content (AvgIpc) is 3.18. The molecule has 2 heterocycles. The molecule has 1 saturated heterocycles. The number of rotatable bonds is 6. The van der Waals surface area contributed by atoms with Crippen molar-refractivity contribution in [2.24, 2.45) is 5.92 Å². The van der Waals surface area contributed by atoms with Gasteiger partial charge in [0, 0.05) is 31.2 Å². The van der Waals surface area contributed by atoms with Gasteiger partial charge in [-0.1, -0.05) is 18.2 Å². The van der Waals surface area contributed by atoms with Crippen LogP contribution >= 0.6 is 12.2 Å². The molecular weight excluding hydrogens is 384 g/mol. The van der Waals surface area contributed by atoms with Crippen molar-refractivity contribution in [1.29, 1.82) is 0 Å². The van der Waals surface area contributed by atoms with Crippen LogP contribution in [-0.4, -0.2) is 47.1 Å². The van der Waals surface area contributed by atoms with Crippen molar-refractivity contribution in [3.05, 3.63) is 59.9 Å². The zero-order chi connectivity index (χ0) is 20.8. The Labute approximate surface area is 177 Å². The zero-order valence-electron chi connectivity index (χ0n) is 17.1. The molecule has 1 fully saturated rings. The van der Waals surface area contributed by atoms with Gasteiger partial charge in [0.1, 0.15) is 5.75 Å². The third-order valence-electron chi connectivity index (χ3n) is 5.05. The predicted octanol–water partition coefficient (Wildman–Crippen LogP) is 2.70. The van der Waals surface area contributed by atoms with Gasteiger partial charge < -0.3 is 20.3 Å². The van der Waals surface area contributed by atoms with E-state index in [1.807, 2.05) is 36.4 Å². The van der Waals surface area contributed by atoms with Gasteiger partial charge in [-0.15, -0.1) is 0 Å². The second-order valence-corrected chi connectivity index (χ2v) is 7.92. The number of methoxy groups -OCH3 is 1. The maximum Gasteiger partial charge on any atom is 0.225 e. The van der Waals surface area contributed by atoms with Gasteiger partial charge >= 0.3 is 0 Å². The first-order valence-corrected chi connectivity index (χ1v) is 10.3. The smallest absolute Gasteiger partial charge is 0.225 e. The molecule has 1 aliphatic rings. The van der Waals surface area contributed by atoms with E-state index in [0.29, 0.717) is 24.7 Å². The number of ether oxygens (including phenoxy) is 1. The fourth-order valence-corrected chi connectivity index (χ4v) is 3.98. The Bertz CT molecular complexity index is 844. The Morgan fingerprint density at radius 2 is 2.10 bits per heavy atom. The lowest BCUT2D eigenvalue weighted by atomic mass is 9.88. The first kappa shape index (κ1) is 21.0. The molecule has 1 aromatic heterocycles. The van der Waals surface area contributed by atoms with E-state index in [9.17, 15) is 4.79 Å². The highest BCUT2D eigenvalue weighted by Gasteiger charge is 2.39. The van der Waals surface area contributed by atoms with Crippen molar-refractivity contribution in [2.45, 2.75) is 32.4 Å². The Morgan fingerprint density at radius 1 is 1.28 bits per heavy atom. The maximum absolute atomic E-state index is 13.1. The molecule has 0 bridgehead atoms. The lowest BCUT2D eigenvalue weighted by molar-refractivity contribution is -0.125. The highest BCUT2D eigenvalue weighted by molar-refractivity contribution is 7.80. The van der Waals surface area contributed by atoms with Crippen LogP contribution in [0.25, 0.3) is 0 Å². The number of benzene rings is 1. The Morgan fingerprint density at radius 3 is 2.79 bits per heavy atom. The summed E-state index contributed by atoms with van der Waals surface area (Å²) in [5.74, 6) is 0.619. The van der Waals surface area contributed by atoms with Gasteiger partial charge in [-0.25, -0.2) is 0 Å². The summed E-state index contributed by atoms with van der Waals surface area (Å²) in [6.45, 7) is 5.79. The summed E-state index contributed by atoms with van der Waals surface area (Å²) in [6.07, 6.45) is 1.73. The molecule has 2 N–H and O–H groups in total. The largest absolute Gasteiger partial charge is 0.497 e. The minimum atomic E-state index is -0.210. The minimum Gasteiger partial charge on any atom is -0.497 e. The second kappa shape index (κ2) is 9.69. The summed E-state index contributed by atoms with van der Waals surface area (Å²) in [5, 5.41) is 7.02. The van der Waals surface area contributed by atoms with E-state index < -0.39 is 0 Å². The van der Waals surface area contributed by atoms with E-state index in [4.69, 9.17) is 17.0 Å². The van der Waals surface area contributed by atoms with Crippen LogP contribution in [0.1, 0.15) is 31.0 Å². The van der Waals surface area contributed by atoms with Crippen LogP contribution in [0.3, 0.4) is 0 Å². The van der Waals surface area contributed by atoms with Crippen LogP contribution in [0.4, 0.5) is 0 Å². The normalized spacial score (nSPS) is 18.6. The molecular formula is C22H28N4O2S. The molecule has 1 amide bonds. The number of nitrogens with zero attached hydrogens (tertiary/aromatic N) is 2. The summed E-state index contributed by atoms with van der Waals surface area (Å²) in [6, 6.07) is 13.9. The molecule has 2 atom stereocenters. The topological polar surface area (TPSA) is 66.5 Å². The number of carbonyl (C=O) groups excluding carboxylic acids is 1. The molecule has 0 aliphatic carbocycles. The molecule has 29 heavy (non-hydrogen) atoms. The molecule has 3 rings (SSSR count). The van der Waals surface area contributed by atoms with Crippen LogP contribution in [0.15, 0.2) is 48.7 Å². The van der Waals surface area contributed by atoms with Gasteiger partial charge in [-0.2, -0.15) is 0 Å². The van der Waals surface area contributed by atoms with E-state index in [0.717, 1.165) is 17.0 Å². The molecule has 0 spiro atoms. The van der Waals surface area contributed by atoms with Crippen LogP contribution in [0.2, 0.25) is 0 Å². The van der Waals surface area contributed by atoms with Crippen LogP contribution in [-0.2, 0) is 11.3 Å². The quantitative estimate of drug-likeness (QED) is 0.711. The first-order valence-electron chi connectivity index (χ1n) is 9.85. The Hall–Kier alpha value is -2.67. The van der Waals surface area contributed by atoms with Gasteiger partial charge in [0.15, 0.2) is 5.11 Å². The monoisotopic (exact) mass is 412 g/mol. The van der Waals surface area contributed by atoms with Crippen molar-refractivity contribution >= 4 is 23.2 Å². The Kier molecular flexibility index (Phi) is 7.04. The van der Waals surface area contributed by atoms with Gasteiger partial charge in [-0.05, 0) is 55.9 Å². The fourth-order valence-electron chi connectivity index (χ4n) is 3.59. The van der Waals surface area contributed by atoms with Crippen molar-refractivity contribution in [3.8, 4) is 5.75 Å². The number of aromatic nitrogens is 1.